The minimum atomic E-state index is -0.301. The number of amides is 1. The van der Waals surface area contributed by atoms with Gasteiger partial charge < -0.3 is 5.32 Å². The van der Waals surface area contributed by atoms with Crippen molar-refractivity contribution in [3.63, 3.8) is 0 Å². The average Bonchev–Trinajstić information content (AvgIpc) is 3.30. The zero-order valence-electron chi connectivity index (χ0n) is 16.2. The molecule has 4 rings (SSSR count). The molecule has 2 heterocycles. The predicted molar refractivity (Wildman–Crippen MR) is 119 cm³/mol. The van der Waals surface area contributed by atoms with Crippen molar-refractivity contribution < 1.29 is 9.18 Å². The zero-order valence-corrected chi connectivity index (χ0v) is 17.0. The first-order valence-electron chi connectivity index (χ1n) is 9.70. The fourth-order valence-corrected chi connectivity index (χ4v) is 3.83. The van der Waals surface area contributed by atoms with Crippen LogP contribution in [0.1, 0.15) is 18.4 Å². The molecule has 1 amide bonds. The van der Waals surface area contributed by atoms with Gasteiger partial charge in [0.15, 0.2) is 5.82 Å². The fourth-order valence-electron chi connectivity index (χ4n) is 3.12. The number of benzene rings is 2. The molecule has 0 aliphatic heterocycles. The number of carbonyl (C=O) groups excluding carboxylic acids is 1. The first kappa shape index (κ1) is 19.9. The van der Waals surface area contributed by atoms with E-state index in [9.17, 15) is 9.18 Å². The van der Waals surface area contributed by atoms with Crippen LogP contribution in [0.15, 0.2) is 78.3 Å². The Morgan fingerprint density at radius 2 is 1.80 bits per heavy atom. The second-order valence-electron chi connectivity index (χ2n) is 6.82. The van der Waals surface area contributed by atoms with Gasteiger partial charge in [0.25, 0.3) is 0 Å². The largest absolute Gasteiger partial charge is 0.309 e. The monoisotopic (exact) mass is 417 g/mol. The summed E-state index contributed by atoms with van der Waals surface area (Å²) in [4.78, 5) is 22.6. The molecule has 2 aromatic heterocycles. The molecule has 0 radical (unpaired) electrons. The Hall–Kier alpha value is -3.38. The molecular weight excluding hydrogens is 397 g/mol. The Balaban J connectivity index is 1.50. The lowest BCUT2D eigenvalue weighted by atomic mass is 10.1. The van der Waals surface area contributed by atoms with Crippen molar-refractivity contribution in [1.29, 1.82) is 0 Å². The number of hydrogen-bond donors (Lipinski definition) is 1. The van der Waals surface area contributed by atoms with Crippen molar-refractivity contribution in [1.82, 2.24) is 9.97 Å². The predicted octanol–water partition coefficient (Wildman–Crippen LogP) is 5.97. The normalized spacial score (nSPS) is 10.7. The number of hydrogen-bond acceptors (Lipinski definition) is 4. The molecule has 6 heteroatoms. The van der Waals surface area contributed by atoms with Crippen LogP contribution in [0.25, 0.3) is 21.8 Å². The Morgan fingerprint density at radius 1 is 1.00 bits per heavy atom. The van der Waals surface area contributed by atoms with Crippen molar-refractivity contribution in [3.8, 4) is 21.8 Å². The number of rotatable bonds is 7. The van der Waals surface area contributed by atoms with Crippen LogP contribution >= 0.6 is 11.3 Å². The number of thiophene rings is 1. The van der Waals surface area contributed by atoms with Gasteiger partial charge in [0, 0.05) is 12.0 Å². The smallest absolute Gasteiger partial charge is 0.225 e. The molecule has 30 heavy (non-hydrogen) atoms. The van der Waals surface area contributed by atoms with Crippen LogP contribution in [-0.4, -0.2) is 15.9 Å². The number of halogens is 1. The summed E-state index contributed by atoms with van der Waals surface area (Å²) in [5, 5.41) is 4.86. The molecule has 1 N–H and O–H groups in total. The van der Waals surface area contributed by atoms with Crippen LogP contribution in [0.5, 0.6) is 0 Å². The van der Waals surface area contributed by atoms with E-state index < -0.39 is 0 Å². The van der Waals surface area contributed by atoms with E-state index in [-0.39, 0.29) is 11.7 Å². The van der Waals surface area contributed by atoms with Crippen molar-refractivity contribution in [3.05, 3.63) is 89.7 Å². The lowest BCUT2D eigenvalue weighted by molar-refractivity contribution is -0.116. The third-order valence-electron chi connectivity index (χ3n) is 4.64. The third kappa shape index (κ3) is 4.96. The Bertz CT molecular complexity index is 1110. The maximum atomic E-state index is 13.2. The first-order chi connectivity index (χ1) is 14.7. The Morgan fingerprint density at radius 3 is 2.53 bits per heavy atom. The second-order valence-corrected chi connectivity index (χ2v) is 7.77. The SMILES string of the molecule is O=C(CCCc1ccccc1)Nc1ncc(-c2ccc(F)cc2)nc1-c1cccs1. The standard InChI is InChI=1S/C24H20FN3OS/c25-19-13-11-18(12-14-19)20-16-26-24(23(27-20)21-9-5-15-30-21)28-22(29)10-4-8-17-6-2-1-3-7-17/h1-3,5-7,9,11-16H,4,8,10H2,(H,26,28,29). The summed E-state index contributed by atoms with van der Waals surface area (Å²) >= 11 is 1.52. The van der Waals surface area contributed by atoms with Crippen molar-refractivity contribution in [2.45, 2.75) is 19.3 Å². The van der Waals surface area contributed by atoms with Gasteiger partial charge in [-0.15, -0.1) is 11.3 Å². The van der Waals surface area contributed by atoms with Crippen LogP contribution < -0.4 is 5.32 Å². The summed E-state index contributed by atoms with van der Waals surface area (Å²) in [5.74, 6) is 0.0465. The molecule has 150 valence electrons. The molecule has 4 aromatic rings. The number of anilines is 1. The van der Waals surface area contributed by atoms with E-state index in [1.54, 1.807) is 18.3 Å². The number of nitrogens with zero attached hydrogens (tertiary/aromatic N) is 2. The van der Waals surface area contributed by atoms with Crippen LogP contribution in [-0.2, 0) is 11.2 Å². The minimum absolute atomic E-state index is 0.0902. The van der Waals surface area contributed by atoms with E-state index in [0.717, 1.165) is 23.3 Å². The third-order valence-corrected chi connectivity index (χ3v) is 5.51. The molecule has 0 unspecified atom stereocenters. The van der Waals surface area contributed by atoms with Gasteiger partial charge in [-0.2, -0.15) is 0 Å². The van der Waals surface area contributed by atoms with Crippen LogP contribution in [0.3, 0.4) is 0 Å². The topological polar surface area (TPSA) is 54.9 Å². The maximum Gasteiger partial charge on any atom is 0.225 e. The van der Waals surface area contributed by atoms with Gasteiger partial charge in [-0.1, -0.05) is 36.4 Å². The van der Waals surface area contributed by atoms with Crippen LogP contribution in [0.4, 0.5) is 10.2 Å². The molecule has 4 nitrogen and oxygen atoms in total. The highest BCUT2D eigenvalue weighted by Gasteiger charge is 2.15. The van der Waals surface area contributed by atoms with Gasteiger partial charge in [-0.25, -0.2) is 14.4 Å². The van der Waals surface area contributed by atoms with Gasteiger partial charge in [0.1, 0.15) is 11.5 Å². The van der Waals surface area contributed by atoms with Crippen LogP contribution in [0, 0.1) is 5.82 Å². The molecule has 0 saturated heterocycles. The highest BCUT2D eigenvalue weighted by atomic mass is 32.1. The number of aryl methyl sites for hydroxylation is 1. The summed E-state index contributed by atoms with van der Waals surface area (Å²) in [6, 6.07) is 20.1. The summed E-state index contributed by atoms with van der Waals surface area (Å²) in [7, 11) is 0. The number of carbonyl (C=O) groups is 1. The summed E-state index contributed by atoms with van der Waals surface area (Å²) in [5.41, 5.74) is 3.22. The summed E-state index contributed by atoms with van der Waals surface area (Å²) in [6.07, 6.45) is 3.61. The minimum Gasteiger partial charge on any atom is -0.309 e. The molecule has 0 saturated carbocycles. The summed E-state index contributed by atoms with van der Waals surface area (Å²) in [6.45, 7) is 0. The Kier molecular flexibility index (Phi) is 6.25. The second kappa shape index (κ2) is 9.41. The quantitative estimate of drug-likeness (QED) is 0.403. The van der Waals surface area contributed by atoms with E-state index in [0.29, 0.717) is 23.6 Å². The van der Waals surface area contributed by atoms with Gasteiger partial charge in [-0.05, 0) is 54.1 Å². The van der Waals surface area contributed by atoms with Crippen LogP contribution in [0.2, 0.25) is 0 Å². The molecule has 2 aromatic carbocycles. The van der Waals surface area contributed by atoms with Gasteiger partial charge >= 0.3 is 0 Å². The molecule has 0 aliphatic carbocycles. The molecule has 0 atom stereocenters. The Labute approximate surface area is 178 Å². The lowest BCUT2D eigenvalue weighted by Gasteiger charge is -2.11. The molecule has 0 aliphatic rings. The highest BCUT2D eigenvalue weighted by Crippen LogP contribution is 2.31. The van der Waals surface area contributed by atoms with E-state index in [1.807, 2.05) is 35.7 Å². The summed E-state index contributed by atoms with van der Waals surface area (Å²) < 4.78 is 13.2. The average molecular weight is 418 g/mol. The lowest BCUT2D eigenvalue weighted by Crippen LogP contribution is -2.14. The van der Waals surface area contributed by atoms with Gasteiger partial charge in [0.2, 0.25) is 5.91 Å². The van der Waals surface area contributed by atoms with E-state index >= 15 is 0 Å². The zero-order chi connectivity index (χ0) is 20.8. The molecule has 0 fully saturated rings. The van der Waals surface area contributed by atoms with E-state index in [2.05, 4.69) is 22.4 Å². The van der Waals surface area contributed by atoms with Gasteiger partial charge in [-0.3, -0.25) is 4.79 Å². The highest BCUT2D eigenvalue weighted by molar-refractivity contribution is 7.13. The van der Waals surface area contributed by atoms with E-state index in [1.165, 1.54) is 29.0 Å². The van der Waals surface area contributed by atoms with Crippen molar-refractivity contribution in [2.75, 3.05) is 5.32 Å². The number of aromatic nitrogens is 2. The molecule has 0 spiro atoms. The molecule has 0 bridgehead atoms. The maximum absolute atomic E-state index is 13.2. The molecular formula is C24H20FN3OS. The first-order valence-corrected chi connectivity index (χ1v) is 10.6. The number of nitrogens with one attached hydrogen (secondary N) is 1. The fraction of sp³-hybridized carbons (Fsp3) is 0.125. The van der Waals surface area contributed by atoms with Crippen molar-refractivity contribution in [2.24, 2.45) is 0 Å². The van der Waals surface area contributed by atoms with E-state index in [4.69, 9.17) is 4.98 Å². The van der Waals surface area contributed by atoms with Crippen molar-refractivity contribution >= 4 is 23.1 Å². The van der Waals surface area contributed by atoms with Gasteiger partial charge in [0.05, 0.1) is 16.8 Å².